The van der Waals surface area contributed by atoms with Gasteiger partial charge in [0, 0.05) is 11.9 Å². The average Bonchev–Trinajstić information content (AvgIpc) is 2.43. The molecule has 0 radical (unpaired) electrons. The van der Waals surface area contributed by atoms with Crippen molar-refractivity contribution in [3.8, 4) is 6.07 Å². The number of anilines is 1. The molecule has 2 rings (SSSR count). The molecule has 0 unspecified atom stereocenters. The van der Waals surface area contributed by atoms with Crippen molar-refractivity contribution in [3.63, 3.8) is 0 Å². The average molecular weight is 255 g/mol. The zero-order valence-corrected chi connectivity index (χ0v) is 10.1. The molecule has 0 bridgehead atoms. The van der Waals surface area contributed by atoms with E-state index in [-0.39, 0.29) is 11.5 Å². The molecule has 0 spiro atoms. The van der Waals surface area contributed by atoms with Crippen LogP contribution in [-0.4, -0.2) is 10.9 Å². The summed E-state index contributed by atoms with van der Waals surface area (Å²) >= 11 is 0. The quantitative estimate of drug-likeness (QED) is 0.897. The van der Waals surface area contributed by atoms with Gasteiger partial charge < -0.3 is 5.32 Å². The van der Waals surface area contributed by atoms with E-state index in [1.54, 1.807) is 6.92 Å². The van der Waals surface area contributed by atoms with Crippen LogP contribution >= 0.6 is 0 Å². The van der Waals surface area contributed by atoms with E-state index in [0.29, 0.717) is 16.8 Å². The van der Waals surface area contributed by atoms with E-state index in [1.807, 2.05) is 6.07 Å². The highest BCUT2D eigenvalue weighted by Crippen LogP contribution is 2.14. The molecular weight excluding hydrogens is 245 g/mol. The van der Waals surface area contributed by atoms with Crippen LogP contribution in [0.4, 0.5) is 10.1 Å². The number of hydrogen-bond acceptors (Lipinski definition) is 3. The van der Waals surface area contributed by atoms with E-state index < -0.39 is 5.91 Å². The molecule has 1 amide bonds. The molecule has 0 aliphatic heterocycles. The van der Waals surface area contributed by atoms with Gasteiger partial charge in [-0.2, -0.15) is 5.26 Å². The molecule has 0 atom stereocenters. The van der Waals surface area contributed by atoms with Crippen LogP contribution in [0.5, 0.6) is 0 Å². The normalized spacial score (nSPS) is 9.74. The molecule has 0 fully saturated rings. The number of nitriles is 1. The van der Waals surface area contributed by atoms with Gasteiger partial charge in [0.15, 0.2) is 0 Å². The molecule has 1 aromatic carbocycles. The van der Waals surface area contributed by atoms with E-state index in [9.17, 15) is 9.18 Å². The molecule has 1 N–H and O–H groups in total. The van der Waals surface area contributed by atoms with Crippen molar-refractivity contribution in [2.24, 2.45) is 0 Å². The second-order valence-electron chi connectivity index (χ2n) is 3.96. The number of pyridine rings is 1. The molecule has 0 aliphatic carbocycles. The predicted octanol–water partition coefficient (Wildman–Crippen LogP) is 2.65. The molecule has 1 heterocycles. The molecule has 2 aromatic rings. The number of nitrogens with one attached hydrogen (secondary N) is 1. The lowest BCUT2D eigenvalue weighted by atomic mass is 10.2. The van der Waals surface area contributed by atoms with Gasteiger partial charge in [0.1, 0.15) is 17.6 Å². The minimum atomic E-state index is -0.407. The number of amides is 1. The Morgan fingerprint density at radius 1 is 1.37 bits per heavy atom. The van der Waals surface area contributed by atoms with Crippen LogP contribution in [0.3, 0.4) is 0 Å². The van der Waals surface area contributed by atoms with Crippen molar-refractivity contribution in [2.45, 2.75) is 6.92 Å². The molecule has 0 saturated heterocycles. The number of aromatic nitrogens is 1. The zero-order chi connectivity index (χ0) is 13.8. The maximum Gasteiger partial charge on any atom is 0.274 e. The largest absolute Gasteiger partial charge is 0.321 e. The summed E-state index contributed by atoms with van der Waals surface area (Å²) in [7, 11) is 0. The third-order valence-corrected chi connectivity index (χ3v) is 2.54. The Hall–Kier alpha value is -2.74. The van der Waals surface area contributed by atoms with E-state index >= 15 is 0 Å². The number of halogens is 1. The molecule has 5 heteroatoms. The van der Waals surface area contributed by atoms with Crippen molar-refractivity contribution in [1.29, 1.82) is 5.26 Å². The van der Waals surface area contributed by atoms with Crippen molar-refractivity contribution < 1.29 is 9.18 Å². The highest BCUT2D eigenvalue weighted by Gasteiger charge is 2.08. The molecule has 19 heavy (non-hydrogen) atoms. The summed E-state index contributed by atoms with van der Waals surface area (Å²) in [5.41, 5.74) is 1.52. The standard InChI is InChI=1S/C14H10FN3O/c1-9-6-11(3-4-12(9)15)18-14(19)13-5-2-10(7-16)8-17-13/h2-6,8H,1H3,(H,18,19). The third-order valence-electron chi connectivity index (χ3n) is 2.54. The summed E-state index contributed by atoms with van der Waals surface area (Å²) in [4.78, 5) is 15.7. The van der Waals surface area contributed by atoms with Crippen molar-refractivity contribution >= 4 is 11.6 Å². The van der Waals surface area contributed by atoms with Gasteiger partial charge in [-0.25, -0.2) is 9.37 Å². The minimum absolute atomic E-state index is 0.195. The smallest absolute Gasteiger partial charge is 0.274 e. The second kappa shape index (κ2) is 5.27. The number of rotatable bonds is 2. The second-order valence-corrected chi connectivity index (χ2v) is 3.96. The topological polar surface area (TPSA) is 65.8 Å². The number of benzene rings is 1. The maximum atomic E-state index is 13.1. The molecule has 4 nitrogen and oxygen atoms in total. The first-order valence-electron chi connectivity index (χ1n) is 5.54. The first kappa shape index (κ1) is 12.7. The maximum absolute atomic E-state index is 13.1. The molecule has 0 saturated carbocycles. The summed E-state index contributed by atoms with van der Waals surface area (Å²) in [6.07, 6.45) is 1.32. The number of carbonyl (C=O) groups excluding carboxylic acids is 1. The molecule has 1 aromatic heterocycles. The summed E-state index contributed by atoms with van der Waals surface area (Å²) in [6.45, 7) is 1.62. The summed E-state index contributed by atoms with van der Waals surface area (Å²) in [5.74, 6) is -0.731. The van der Waals surface area contributed by atoms with E-state index in [2.05, 4.69) is 10.3 Å². The van der Waals surface area contributed by atoms with Crippen molar-refractivity contribution in [1.82, 2.24) is 4.98 Å². The Morgan fingerprint density at radius 3 is 2.74 bits per heavy atom. The van der Waals surface area contributed by atoms with Gasteiger partial charge in [0.2, 0.25) is 0 Å². The van der Waals surface area contributed by atoms with Gasteiger partial charge in [-0.15, -0.1) is 0 Å². The SMILES string of the molecule is Cc1cc(NC(=O)c2ccc(C#N)cn2)ccc1F. The molecule has 94 valence electrons. The first-order chi connectivity index (χ1) is 9.10. The van der Waals surface area contributed by atoms with Crippen LogP contribution in [-0.2, 0) is 0 Å². The van der Waals surface area contributed by atoms with Gasteiger partial charge >= 0.3 is 0 Å². The van der Waals surface area contributed by atoms with Gasteiger partial charge in [-0.05, 0) is 42.8 Å². The van der Waals surface area contributed by atoms with Gasteiger partial charge in [0.05, 0.1) is 5.56 Å². The molecule has 0 aliphatic rings. The first-order valence-corrected chi connectivity index (χ1v) is 5.54. The van der Waals surface area contributed by atoms with Crippen molar-refractivity contribution in [3.05, 3.63) is 59.2 Å². The predicted molar refractivity (Wildman–Crippen MR) is 68.0 cm³/mol. The summed E-state index contributed by atoms with van der Waals surface area (Å²) in [6, 6.07) is 9.20. The zero-order valence-electron chi connectivity index (χ0n) is 10.1. The van der Waals surface area contributed by atoms with Gasteiger partial charge in [-0.1, -0.05) is 0 Å². The highest BCUT2D eigenvalue weighted by atomic mass is 19.1. The number of nitrogens with zero attached hydrogens (tertiary/aromatic N) is 2. The lowest BCUT2D eigenvalue weighted by molar-refractivity contribution is 0.102. The highest BCUT2D eigenvalue weighted by molar-refractivity contribution is 6.02. The van der Waals surface area contributed by atoms with Crippen LogP contribution in [0.15, 0.2) is 36.5 Å². The third kappa shape index (κ3) is 2.93. The van der Waals surface area contributed by atoms with E-state index in [1.165, 1.54) is 36.5 Å². The minimum Gasteiger partial charge on any atom is -0.321 e. The summed E-state index contributed by atoms with van der Waals surface area (Å²) in [5, 5.41) is 11.2. The fourth-order valence-corrected chi connectivity index (χ4v) is 1.51. The molecular formula is C14H10FN3O. The Labute approximate surface area is 109 Å². The Morgan fingerprint density at radius 2 is 2.16 bits per heavy atom. The van der Waals surface area contributed by atoms with E-state index in [4.69, 9.17) is 5.26 Å². The van der Waals surface area contributed by atoms with Crippen LogP contribution < -0.4 is 5.32 Å². The Kier molecular flexibility index (Phi) is 3.53. The van der Waals surface area contributed by atoms with Crippen LogP contribution in [0.25, 0.3) is 0 Å². The van der Waals surface area contributed by atoms with Gasteiger partial charge in [0.25, 0.3) is 5.91 Å². The Balaban J connectivity index is 2.16. The lowest BCUT2D eigenvalue weighted by Gasteiger charge is -2.06. The summed E-state index contributed by atoms with van der Waals surface area (Å²) < 4.78 is 13.1. The fraction of sp³-hybridized carbons (Fsp3) is 0.0714. The van der Waals surface area contributed by atoms with Crippen LogP contribution in [0, 0.1) is 24.1 Å². The number of hydrogen-bond donors (Lipinski definition) is 1. The Bertz CT molecular complexity index is 659. The van der Waals surface area contributed by atoms with E-state index in [0.717, 1.165) is 0 Å². The number of carbonyl (C=O) groups is 1. The fourth-order valence-electron chi connectivity index (χ4n) is 1.51. The monoisotopic (exact) mass is 255 g/mol. The van der Waals surface area contributed by atoms with Crippen LogP contribution in [0.2, 0.25) is 0 Å². The number of aryl methyl sites for hydroxylation is 1. The lowest BCUT2D eigenvalue weighted by Crippen LogP contribution is -2.13. The van der Waals surface area contributed by atoms with Crippen molar-refractivity contribution in [2.75, 3.05) is 5.32 Å². The van der Waals surface area contributed by atoms with Gasteiger partial charge in [-0.3, -0.25) is 4.79 Å². The van der Waals surface area contributed by atoms with Crippen LogP contribution in [0.1, 0.15) is 21.6 Å².